The van der Waals surface area contributed by atoms with E-state index in [1.807, 2.05) is 0 Å². The Kier molecular flexibility index (Phi) is 4.49. The van der Waals surface area contributed by atoms with Crippen LogP contribution >= 0.6 is 0 Å². The number of aromatic nitrogens is 1. The van der Waals surface area contributed by atoms with Gasteiger partial charge < -0.3 is 15.3 Å². The molecule has 1 aliphatic rings. The van der Waals surface area contributed by atoms with Crippen molar-refractivity contribution in [3.8, 4) is 0 Å². The van der Waals surface area contributed by atoms with Crippen LogP contribution in [0.4, 0.5) is 5.69 Å². The molecule has 21 heavy (non-hydrogen) atoms. The van der Waals surface area contributed by atoms with Gasteiger partial charge in [-0.25, -0.2) is 13.4 Å². The normalized spacial score (nSPS) is 23.0. The van der Waals surface area contributed by atoms with E-state index >= 15 is 0 Å². The number of nitrogens with one attached hydrogen (secondary N) is 1. The lowest BCUT2D eigenvalue weighted by Crippen LogP contribution is -2.55. The lowest BCUT2D eigenvalue weighted by Gasteiger charge is -2.41. The van der Waals surface area contributed by atoms with Gasteiger partial charge >= 0.3 is 0 Å². The summed E-state index contributed by atoms with van der Waals surface area (Å²) in [5.74, 6) is 5.35. The average Bonchev–Trinajstić information content (AvgIpc) is 2.45. The summed E-state index contributed by atoms with van der Waals surface area (Å²) in [5, 5.41) is 9.15. The lowest BCUT2D eigenvalue weighted by atomic mass is 10.1. The molecule has 0 aromatic carbocycles. The van der Waals surface area contributed by atoms with Gasteiger partial charge in [-0.05, 0) is 26.0 Å². The first-order valence-corrected chi connectivity index (χ1v) is 7.94. The summed E-state index contributed by atoms with van der Waals surface area (Å²) in [6, 6.07) is 3.13. The molecule has 118 valence electrons. The first-order valence-electron chi connectivity index (χ1n) is 6.50. The number of aliphatic hydroxyl groups excluding tert-OH is 1. The van der Waals surface area contributed by atoms with Crippen molar-refractivity contribution < 1.29 is 18.3 Å². The van der Waals surface area contributed by atoms with Crippen LogP contribution in [0.5, 0.6) is 0 Å². The van der Waals surface area contributed by atoms with E-state index in [1.165, 1.54) is 16.6 Å². The molecule has 9 heteroatoms. The van der Waals surface area contributed by atoms with E-state index in [0.29, 0.717) is 0 Å². The Bertz CT molecular complexity index is 605. The Balaban J connectivity index is 2.39. The summed E-state index contributed by atoms with van der Waals surface area (Å²) in [7, 11) is -3.83. The SMILES string of the molecule is CC1(C)CN(S(=O)(=O)c2ncccc2NN)CC(CO)O1. The fraction of sp³-hybridized carbons (Fsp3) is 0.583. The van der Waals surface area contributed by atoms with Gasteiger partial charge in [0.2, 0.25) is 0 Å². The summed E-state index contributed by atoms with van der Waals surface area (Å²) in [6.45, 7) is 3.55. The monoisotopic (exact) mass is 316 g/mol. The van der Waals surface area contributed by atoms with Gasteiger partial charge in [0.1, 0.15) is 0 Å². The highest BCUT2D eigenvalue weighted by atomic mass is 32.2. The summed E-state index contributed by atoms with van der Waals surface area (Å²) in [4.78, 5) is 3.92. The number of anilines is 1. The number of hydrogen-bond donors (Lipinski definition) is 3. The highest BCUT2D eigenvalue weighted by molar-refractivity contribution is 7.89. The smallest absolute Gasteiger partial charge is 0.262 e. The van der Waals surface area contributed by atoms with Gasteiger partial charge in [-0.1, -0.05) is 0 Å². The zero-order valence-corrected chi connectivity index (χ0v) is 12.8. The number of rotatable bonds is 4. The van der Waals surface area contributed by atoms with Crippen LogP contribution in [-0.4, -0.2) is 54.2 Å². The Labute approximate surface area is 123 Å². The van der Waals surface area contributed by atoms with Crippen LogP contribution in [0.1, 0.15) is 13.8 Å². The van der Waals surface area contributed by atoms with Gasteiger partial charge in [-0.15, -0.1) is 0 Å². The van der Waals surface area contributed by atoms with Crippen molar-refractivity contribution in [3.05, 3.63) is 18.3 Å². The molecular weight excluding hydrogens is 296 g/mol. The number of pyridine rings is 1. The van der Waals surface area contributed by atoms with Gasteiger partial charge in [-0.2, -0.15) is 4.31 Å². The van der Waals surface area contributed by atoms with Gasteiger partial charge in [0.25, 0.3) is 10.0 Å². The summed E-state index contributed by atoms with van der Waals surface area (Å²) in [5.41, 5.74) is 1.87. The molecule has 1 saturated heterocycles. The number of hydrogen-bond acceptors (Lipinski definition) is 7. The molecule has 1 aromatic rings. The number of morpholine rings is 1. The predicted octanol–water partition coefficient (Wildman–Crippen LogP) is -0.472. The second-order valence-corrected chi connectivity index (χ2v) is 7.33. The van der Waals surface area contributed by atoms with Crippen molar-refractivity contribution in [3.63, 3.8) is 0 Å². The van der Waals surface area contributed by atoms with Crippen LogP contribution in [0.25, 0.3) is 0 Å². The zero-order valence-electron chi connectivity index (χ0n) is 12.0. The van der Waals surface area contributed by atoms with Gasteiger partial charge in [0.15, 0.2) is 5.03 Å². The van der Waals surface area contributed by atoms with Gasteiger partial charge in [-0.3, -0.25) is 5.84 Å². The number of nitrogens with zero attached hydrogens (tertiary/aromatic N) is 2. The van der Waals surface area contributed by atoms with Crippen LogP contribution in [-0.2, 0) is 14.8 Å². The third-order valence-corrected chi connectivity index (χ3v) is 4.94. The molecule has 8 nitrogen and oxygen atoms in total. The minimum atomic E-state index is -3.83. The first-order chi connectivity index (χ1) is 9.80. The number of nitrogen functional groups attached to an aromatic ring is 1. The summed E-state index contributed by atoms with van der Waals surface area (Å²) >= 11 is 0. The fourth-order valence-corrected chi connectivity index (χ4v) is 4.04. The van der Waals surface area contributed by atoms with E-state index in [9.17, 15) is 13.5 Å². The van der Waals surface area contributed by atoms with Gasteiger partial charge in [0.05, 0.1) is 24.0 Å². The topological polar surface area (TPSA) is 118 Å². The Morgan fingerprint density at radius 2 is 2.33 bits per heavy atom. The van der Waals surface area contributed by atoms with E-state index in [1.54, 1.807) is 19.9 Å². The highest BCUT2D eigenvalue weighted by Crippen LogP contribution is 2.28. The number of ether oxygens (including phenoxy) is 1. The minimum absolute atomic E-state index is 0.0723. The van der Waals surface area contributed by atoms with E-state index in [2.05, 4.69) is 10.4 Å². The maximum absolute atomic E-state index is 12.7. The maximum Gasteiger partial charge on any atom is 0.262 e. The van der Waals surface area contributed by atoms with Crippen LogP contribution in [0, 0.1) is 0 Å². The Hall–Kier alpha value is -1.26. The molecule has 0 radical (unpaired) electrons. The van der Waals surface area contributed by atoms with Crippen LogP contribution in [0.2, 0.25) is 0 Å². The van der Waals surface area contributed by atoms with Crippen molar-refractivity contribution in [1.82, 2.24) is 9.29 Å². The molecule has 0 saturated carbocycles. The molecule has 1 aromatic heterocycles. The minimum Gasteiger partial charge on any atom is -0.394 e. The second kappa shape index (κ2) is 5.85. The third kappa shape index (κ3) is 3.33. The van der Waals surface area contributed by atoms with E-state index < -0.39 is 21.7 Å². The molecule has 1 fully saturated rings. The summed E-state index contributed by atoms with van der Waals surface area (Å²) < 4.78 is 32.4. The van der Waals surface area contributed by atoms with Crippen LogP contribution in [0.15, 0.2) is 23.4 Å². The maximum atomic E-state index is 12.7. The first kappa shape index (κ1) is 16.1. The van der Waals surface area contributed by atoms with E-state index in [4.69, 9.17) is 10.6 Å². The number of nitrogens with two attached hydrogens (primary N) is 1. The zero-order chi connectivity index (χ0) is 15.7. The van der Waals surface area contributed by atoms with Crippen LogP contribution in [0.3, 0.4) is 0 Å². The van der Waals surface area contributed by atoms with Crippen molar-refractivity contribution in [2.24, 2.45) is 5.84 Å². The third-order valence-electron chi connectivity index (χ3n) is 3.16. The molecule has 1 unspecified atom stereocenters. The number of sulfonamides is 1. The Morgan fingerprint density at radius 1 is 1.62 bits per heavy atom. The molecule has 4 N–H and O–H groups in total. The number of hydrazine groups is 1. The molecule has 0 bridgehead atoms. The molecule has 0 amide bonds. The predicted molar refractivity (Wildman–Crippen MR) is 76.8 cm³/mol. The fourth-order valence-electron chi connectivity index (χ4n) is 2.35. The summed E-state index contributed by atoms with van der Waals surface area (Å²) in [6.07, 6.45) is 0.824. The highest BCUT2D eigenvalue weighted by Gasteiger charge is 2.40. The van der Waals surface area contributed by atoms with Crippen molar-refractivity contribution in [2.45, 2.75) is 30.6 Å². The van der Waals surface area contributed by atoms with Crippen molar-refractivity contribution in [1.29, 1.82) is 0 Å². The van der Waals surface area contributed by atoms with Crippen molar-refractivity contribution in [2.75, 3.05) is 25.1 Å². The molecule has 0 aliphatic carbocycles. The molecule has 1 aliphatic heterocycles. The molecule has 2 heterocycles. The quantitative estimate of drug-likeness (QED) is 0.507. The second-order valence-electron chi connectivity index (χ2n) is 5.48. The molecular formula is C12H20N4O4S. The molecule has 1 atom stereocenters. The lowest BCUT2D eigenvalue weighted by molar-refractivity contribution is -0.131. The molecule has 0 spiro atoms. The van der Waals surface area contributed by atoms with Crippen molar-refractivity contribution >= 4 is 15.7 Å². The van der Waals surface area contributed by atoms with E-state index in [-0.39, 0.29) is 30.4 Å². The Morgan fingerprint density at radius 3 is 2.95 bits per heavy atom. The largest absolute Gasteiger partial charge is 0.394 e. The average molecular weight is 316 g/mol. The van der Waals surface area contributed by atoms with Crippen LogP contribution < -0.4 is 11.3 Å². The van der Waals surface area contributed by atoms with Gasteiger partial charge in [0, 0.05) is 19.3 Å². The van der Waals surface area contributed by atoms with E-state index in [0.717, 1.165) is 0 Å². The standard InChI is InChI=1S/C12H20N4O4S/c1-12(2)8-16(6-9(7-17)20-12)21(18,19)11-10(15-13)4-3-5-14-11/h3-5,9,15,17H,6-8,13H2,1-2H3. The molecule has 2 rings (SSSR count). The number of aliphatic hydroxyl groups is 1.